The Morgan fingerprint density at radius 2 is 2.03 bits per heavy atom. The van der Waals surface area contributed by atoms with E-state index in [9.17, 15) is 14.9 Å². The highest BCUT2D eigenvalue weighted by Gasteiger charge is 2.24. The average Bonchev–Trinajstić information content (AvgIpc) is 3.15. The third kappa shape index (κ3) is 4.71. The molecule has 0 bridgehead atoms. The topological polar surface area (TPSA) is 108 Å². The van der Waals surface area contributed by atoms with Crippen molar-refractivity contribution in [3.8, 4) is 0 Å². The van der Waals surface area contributed by atoms with Crippen LogP contribution in [0.4, 0.5) is 11.5 Å². The summed E-state index contributed by atoms with van der Waals surface area (Å²) in [4.78, 5) is 23.4. The smallest absolute Gasteiger partial charge is 0.308 e. The summed E-state index contributed by atoms with van der Waals surface area (Å²) in [6, 6.07) is 7.47. The van der Waals surface area contributed by atoms with Crippen LogP contribution in [0.1, 0.15) is 23.9 Å². The molecule has 0 aliphatic rings. The van der Waals surface area contributed by atoms with Crippen LogP contribution in [0.2, 0.25) is 5.02 Å². The molecule has 0 saturated heterocycles. The van der Waals surface area contributed by atoms with Crippen molar-refractivity contribution in [3.63, 3.8) is 0 Å². The Morgan fingerprint density at radius 3 is 2.67 bits per heavy atom. The molecule has 0 aliphatic carbocycles. The van der Waals surface area contributed by atoms with Crippen molar-refractivity contribution in [3.05, 3.63) is 67.0 Å². The number of carbonyl (C=O) groups excluding carboxylic acids is 1. The number of amides is 1. The third-order valence-corrected chi connectivity index (χ3v) is 5.62. The fourth-order valence-electron chi connectivity index (χ4n) is 3.08. The Hall–Kier alpha value is -2.72. The van der Waals surface area contributed by atoms with Gasteiger partial charge < -0.3 is 5.32 Å². The fourth-order valence-corrected chi connectivity index (χ4v) is 3.69. The second kappa shape index (κ2) is 8.97. The van der Waals surface area contributed by atoms with E-state index in [1.165, 1.54) is 4.68 Å². The lowest BCUT2D eigenvalue weighted by Crippen LogP contribution is -2.25. The molecule has 0 saturated carbocycles. The number of carbonyl (C=O) groups is 1. The van der Waals surface area contributed by atoms with Gasteiger partial charge in [0.15, 0.2) is 5.82 Å². The van der Waals surface area contributed by atoms with Crippen molar-refractivity contribution in [1.29, 1.82) is 0 Å². The van der Waals surface area contributed by atoms with Crippen molar-refractivity contribution >= 4 is 44.9 Å². The van der Waals surface area contributed by atoms with Crippen LogP contribution in [0.25, 0.3) is 0 Å². The zero-order valence-corrected chi connectivity index (χ0v) is 18.9. The van der Waals surface area contributed by atoms with Crippen molar-refractivity contribution in [1.82, 2.24) is 19.6 Å². The van der Waals surface area contributed by atoms with E-state index in [4.69, 9.17) is 11.6 Å². The maximum Gasteiger partial charge on any atom is 0.312 e. The molecule has 158 valence electrons. The molecule has 3 rings (SSSR count). The molecule has 3 aromatic rings. The van der Waals surface area contributed by atoms with Gasteiger partial charge in [-0.3, -0.25) is 24.3 Å². The molecule has 11 heteroatoms. The largest absolute Gasteiger partial charge is 0.312 e. The molecule has 0 spiro atoms. The van der Waals surface area contributed by atoms with Gasteiger partial charge in [0, 0.05) is 11.2 Å². The fraction of sp³-hybridized carbons (Fsp3) is 0.316. The van der Waals surface area contributed by atoms with E-state index in [1.54, 1.807) is 31.6 Å². The maximum atomic E-state index is 12.7. The molecule has 0 radical (unpaired) electrons. The number of aryl methyl sites for hydroxylation is 1. The molecule has 30 heavy (non-hydrogen) atoms. The number of halogens is 2. The van der Waals surface area contributed by atoms with Gasteiger partial charge in [-0.2, -0.15) is 10.2 Å². The first-order valence-electron chi connectivity index (χ1n) is 9.13. The number of benzene rings is 1. The van der Waals surface area contributed by atoms with Crippen molar-refractivity contribution in [2.75, 3.05) is 5.32 Å². The van der Waals surface area contributed by atoms with Gasteiger partial charge >= 0.3 is 5.69 Å². The van der Waals surface area contributed by atoms with Crippen LogP contribution in [0.3, 0.4) is 0 Å². The van der Waals surface area contributed by atoms with E-state index in [0.717, 1.165) is 5.56 Å². The Labute approximate surface area is 186 Å². The Balaban J connectivity index is 1.69. The number of anilines is 1. The number of nitrogens with zero attached hydrogens (tertiary/aromatic N) is 5. The minimum absolute atomic E-state index is 0.0244. The molecule has 0 fully saturated rings. The minimum atomic E-state index is -0.483. The van der Waals surface area contributed by atoms with Gasteiger partial charge in [-0.1, -0.05) is 36.7 Å². The van der Waals surface area contributed by atoms with Crippen LogP contribution in [-0.4, -0.2) is 30.4 Å². The monoisotopic (exact) mass is 494 g/mol. The quantitative estimate of drug-likeness (QED) is 0.387. The summed E-state index contributed by atoms with van der Waals surface area (Å²) in [7, 11) is 0. The number of rotatable bonds is 7. The van der Waals surface area contributed by atoms with Gasteiger partial charge in [0.2, 0.25) is 5.91 Å². The number of hydrogen-bond acceptors (Lipinski definition) is 5. The Kier molecular flexibility index (Phi) is 6.57. The van der Waals surface area contributed by atoms with E-state index in [1.807, 2.05) is 24.3 Å². The van der Waals surface area contributed by atoms with Gasteiger partial charge in [-0.05, 0) is 41.4 Å². The van der Waals surface area contributed by atoms with Gasteiger partial charge in [0.25, 0.3) is 0 Å². The predicted molar refractivity (Wildman–Crippen MR) is 117 cm³/mol. The maximum absolute atomic E-state index is 12.7. The summed E-state index contributed by atoms with van der Waals surface area (Å²) in [5, 5.41) is 23.2. The SMILES string of the molecule is Cc1nn(CC(C)C(=O)Nc2nn(Cc3ccccc3Cl)cc2Br)c(C)c1[N+](=O)[O-]. The molecule has 1 N–H and O–H groups in total. The lowest BCUT2D eigenvalue weighted by molar-refractivity contribution is -0.386. The molecule has 1 amide bonds. The van der Waals surface area contributed by atoms with E-state index < -0.39 is 10.8 Å². The number of aromatic nitrogens is 4. The van der Waals surface area contributed by atoms with E-state index in [0.29, 0.717) is 33.2 Å². The van der Waals surface area contributed by atoms with Crippen LogP contribution in [-0.2, 0) is 17.9 Å². The summed E-state index contributed by atoms with van der Waals surface area (Å²) in [5.41, 5.74) is 1.63. The van der Waals surface area contributed by atoms with Gasteiger partial charge in [-0.15, -0.1) is 0 Å². The Bertz CT molecular complexity index is 1110. The zero-order chi connectivity index (χ0) is 22.0. The molecule has 9 nitrogen and oxygen atoms in total. The number of nitrogens with one attached hydrogen (secondary N) is 1. The molecule has 1 atom stereocenters. The van der Waals surface area contributed by atoms with Crippen molar-refractivity contribution in [2.24, 2.45) is 5.92 Å². The normalized spacial score (nSPS) is 12.0. The summed E-state index contributed by atoms with van der Waals surface area (Å²) in [5.74, 6) is -0.365. The van der Waals surface area contributed by atoms with Crippen molar-refractivity contribution in [2.45, 2.75) is 33.9 Å². The summed E-state index contributed by atoms with van der Waals surface area (Å²) in [6.07, 6.45) is 1.76. The highest BCUT2D eigenvalue weighted by atomic mass is 79.9. The molecule has 0 aliphatic heterocycles. The van der Waals surface area contributed by atoms with Crippen molar-refractivity contribution < 1.29 is 9.72 Å². The van der Waals surface area contributed by atoms with Gasteiger partial charge in [0.1, 0.15) is 11.4 Å². The highest BCUT2D eigenvalue weighted by Crippen LogP contribution is 2.25. The van der Waals surface area contributed by atoms with Gasteiger partial charge in [0.05, 0.1) is 28.4 Å². The minimum Gasteiger partial charge on any atom is -0.308 e. The first-order valence-corrected chi connectivity index (χ1v) is 10.3. The first-order chi connectivity index (χ1) is 14.2. The Morgan fingerprint density at radius 1 is 1.33 bits per heavy atom. The predicted octanol–water partition coefficient (Wildman–Crippen LogP) is 4.34. The number of nitro groups is 1. The summed E-state index contributed by atoms with van der Waals surface area (Å²) in [6.45, 7) is 5.60. The zero-order valence-electron chi connectivity index (χ0n) is 16.6. The van der Waals surface area contributed by atoms with Crippen LogP contribution in [0.5, 0.6) is 0 Å². The average molecular weight is 496 g/mol. The molecule has 2 heterocycles. The summed E-state index contributed by atoms with van der Waals surface area (Å²) < 4.78 is 3.80. The van der Waals surface area contributed by atoms with Crippen LogP contribution < -0.4 is 5.32 Å². The lowest BCUT2D eigenvalue weighted by Gasteiger charge is -2.12. The second-order valence-corrected chi connectivity index (χ2v) is 8.23. The van der Waals surface area contributed by atoms with E-state index >= 15 is 0 Å². The third-order valence-electron chi connectivity index (χ3n) is 4.67. The summed E-state index contributed by atoms with van der Waals surface area (Å²) >= 11 is 9.61. The van der Waals surface area contributed by atoms with Gasteiger partial charge in [-0.25, -0.2) is 0 Å². The first kappa shape index (κ1) is 22.0. The van der Waals surface area contributed by atoms with E-state index in [-0.39, 0.29) is 18.1 Å². The lowest BCUT2D eigenvalue weighted by atomic mass is 10.1. The van der Waals surface area contributed by atoms with Crippen LogP contribution >= 0.6 is 27.5 Å². The van der Waals surface area contributed by atoms with Crippen LogP contribution in [0, 0.1) is 29.9 Å². The molecular weight excluding hydrogens is 476 g/mol. The highest BCUT2D eigenvalue weighted by molar-refractivity contribution is 9.10. The van der Waals surface area contributed by atoms with Crippen LogP contribution in [0.15, 0.2) is 34.9 Å². The molecule has 2 aromatic heterocycles. The number of hydrogen-bond donors (Lipinski definition) is 1. The molecular formula is C19H20BrClN6O3. The van der Waals surface area contributed by atoms with E-state index in [2.05, 4.69) is 31.4 Å². The standard InChI is InChI=1S/C19H20BrClN6O3/c1-11(8-26-13(3)17(27(29)30)12(2)23-26)19(28)22-18-15(20)10-25(24-18)9-14-6-4-5-7-16(14)21/h4-7,10-11H,8-9H2,1-3H3,(H,22,24,28). The molecule has 1 unspecified atom stereocenters. The second-order valence-electron chi connectivity index (χ2n) is 6.96. The molecule has 1 aromatic carbocycles.